The molecule has 2 N–H and O–H groups in total. The molecule has 0 amide bonds. The SMILES string of the molecule is CC(O)CNc1ccccc1OC(F)(F)F. The molecule has 16 heavy (non-hydrogen) atoms. The predicted octanol–water partition coefficient (Wildman–Crippen LogP) is 2.38. The topological polar surface area (TPSA) is 41.5 Å². The first-order valence-electron chi connectivity index (χ1n) is 4.65. The Morgan fingerprint density at radius 3 is 2.56 bits per heavy atom. The smallest absolute Gasteiger partial charge is 0.404 e. The molecule has 1 aromatic carbocycles. The maximum Gasteiger partial charge on any atom is 0.573 e. The van der Waals surface area contributed by atoms with Gasteiger partial charge in [-0.05, 0) is 19.1 Å². The summed E-state index contributed by atoms with van der Waals surface area (Å²) in [6, 6.07) is 5.67. The van der Waals surface area contributed by atoms with Crippen LogP contribution in [0.15, 0.2) is 24.3 Å². The van der Waals surface area contributed by atoms with Gasteiger partial charge in [0.05, 0.1) is 11.8 Å². The Morgan fingerprint density at radius 2 is 2.00 bits per heavy atom. The fourth-order valence-corrected chi connectivity index (χ4v) is 1.08. The molecule has 1 aromatic rings. The number of anilines is 1. The van der Waals surface area contributed by atoms with Gasteiger partial charge in [0, 0.05) is 6.54 Å². The largest absolute Gasteiger partial charge is 0.573 e. The van der Waals surface area contributed by atoms with Crippen molar-refractivity contribution in [3.63, 3.8) is 0 Å². The van der Waals surface area contributed by atoms with Crippen LogP contribution in [0, 0.1) is 0 Å². The van der Waals surface area contributed by atoms with Gasteiger partial charge in [-0.2, -0.15) is 0 Å². The van der Waals surface area contributed by atoms with Gasteiger partial charge < -0.3 is 15.2 Å². The predicted molar refractivity (Wildman–Crippen MR) is 53.3 cm³/mol. The summed E-state index contributed by atoms with van der Waals surface area (Å²) in [6.07, 6.45) is -5.37. The molecular formula is C10H12F3NO2. The summed E-state index contributed by atoms with van der Waals surface area (Å²) < 4.78 is 39.9. The molecule has 0 aromatic heterocycles. The molecule has 0 saturated heterocycles. The fourth-order valence-electron chi connectivity index (χ4n) is 1.08. The van der Waals surface area contributed by atoms with Crippen molar-refractivity contribution in [3.05, 3.63) is 24.3 Å². The molecule has 0 bridgehead atoms. The first-order chi connectivity index (χ1) is 7.38. The summed E-state index contributed by atoms with van der Waals surface area (Å²) in [4.78, 5) is 0. The molecule has 0 aliphatic heterocycles. The van der Waals surface area contributed by atoms with E-state index in [4.69, 9.17) is 5.11 Å². The van der Waals surface area contributed by atoms with E-state index < -0.39 is 12.5 Å². The Bertz CT molecular complexity index is 339. The van der Waals surface area contributed by atoms with Crippen LogP contribution >= 0.6 is 0 Å². The van der Waals surface area contributed by atoms with Crippen LogP contribution in [0.2, 0.25) is 0 Å². The van der Waals surface area contributed by atoms with Gasteiger partial charge in [0.15, 0.2) is 5.75 Å². The molecule has 0 spiro atoms. The van der Waals surface area contributed by atoms with Crippen LogP contribution < -0.4 is 10.1 Å². The Hall–Kier alpha value is -1.43. The minimum absolute atomic E-state index is 0.151. The fraction of sp³-hybridized carbons (Fsp3) is 0.400. The third-order valence-corrected chi connectivity index (χ3v) is 1.70. The van der Waals surface area contributed by atoms with Gasteiger partial charge in [-0.1, -0.05) is 12.1 Å². The highest BCUT2D eigenvalue weighted by Crippen LogP contribution is 2.29. The van der Waals surface area contributed by atoms with Crippen LogP contribution in [0.5, 0.6) is 5.75 Å². The summed E-state index contributed by atoms with van der Waals surface area (Å²) in [5, 5.41) is 11.7. The van der Waals surface area contributed by atoms with Crippen molar-refractivity contribution in [3.8, 4) is 5.75 Å². The van der Waals surface area contributed by atoms with Crippen molar-refractivity contribution in [2.24, 2.45) is 0 Å². The first-order valence-corrected chi connectivity index (χ1v) is 4.65. The van der Waals surface area contributed by atoms with Crippen molar-refractivity contribution >= 4 is 5.69 Å². The number of rotatable bonds is 4. The van der Waals surface area contributed by atoms with Gasteiger partial charge >= 0.3 is 6.36 Å². The molecule has 0 saturated carbocycles. The van der Waals surface area contributed by atoms with Gasteiger partial charge in [0.1, 0.15) is 0 Å². The van der Waals surface area contributed by atoms with Crippen molar-refractivity contribution in [2.75, 3.05) is 11.9 Å². The molecule has 1 atom stereocenters. The van der Waals surface area contributed by atoms with E-state index in [0.29, 0.717) is 0 Å². The van der Waals surface area contributed by atoms with E-state index in [1.54, 1.807) is 6.07 Å². The third-order valence-electron chi connectivity index (χ3n) is 1.70. The molecule has 0 aliphatic rings. The van der Waals surface area contributed by atoms with Crippen molar-refractivity contribution < 1.29 is 23.0 Å². The van der Waals surface area contributed by atoms with E-state index in [-0.39, 0.29) is 18.0 Å². The van der Waals surface area contributed by atoms with Gasteiger partial charge in [0.25, 0.3) is 0 Å². The van der Waals surface area contributed by atoms with Crippen molar-refractivity contribution in [1.29, 1.82) is 0 Å². The van der Waals surface area contributed by atoms with Gasteiger partial charge in [-0.25, -0.2) is 0 Å². The molecule has 0 fully saturated rings. The van der Waals surface area contributed by atoms with Crippen molar-refractivity contribution in [2.45, 2.75) is 19.4 Å². The summed E-state index contributed by atoms with van der Waals surface area (Å²) in [5.74, 6) is -0.310. The summed E-state index contributed by atoms with van der Waals surface area (Å²) in [5.41, 5.74) is 0.195. The van der Waals surface area contributed by atoms with Crippen molar-refractivity contribution in [1.82, 2.24) is 0 Å². The number of ether oxygens (including phenoxy) is 1. The Labute approximate surface area is 90.8 Å². The zero-order valence-corrected chi connectivity index (χ0v) is 8.58. The molecule has 90 valence electrons. The molecule has 0 radical (unpaired) electrons. The Kier molecular flexibility index (Phi) is 4.00. The lowest BCUT2D eigenvalue weighted by molar-refractivity contribution is -0.274. The third kappa shape index (κ3) is 4.39. The second-order valence-corrected chi connectivity index (χ2v) is 3.27. The van der Waals surface area contributed by atoms with Crippen LogP contribution in [0.25, 0.3) is 0 Å². The Balaban J connectivity index is 2.75. The lowest BCUT2D eigenvalue weighted by Gasteiger charge is -2.15. The number of hydrogen-bond acceptors (Lipinski definition) is 3. The maximum atomic E-state index is 12.0. The Morgan fingerprint density at radius 1 is 1.38 bits per heavy atom. The minimum Gasteiger partial charge on any atom is -0.404 e. The molecule has 1 unspecified atom stereocenters. The molecule has 3 nitrogen and oxygen atoms in total. The number of nitrogens with one attached hydrogen (secondary N) is 1. The van der Waals surface area contributed by atoms with Crippen LogP contribution in [-0.4, -0.2) is 24.1 Å². The number of alkyl halides is 3. The van der Waals surface area contributed by atoms with Gasteiger partial charge in [-0.3, -0.25) is 0 Å². The minimum atomic E-state index is -4.72. The number of halogens is 3. The van der Waals surface area contributed by atoms with Crippen LogP contribution in [-0.2, 0) is 0 Å². The normalized spacial score (nSPS) is 13.3. The molecule has 0 aliphatic carbocycles. The molecule has 0 heterocycles. The number of para-hydroxylation sites is 2. The maximum absolute atomic E-state index is 12.0. The number of aliphatic hydroxyl groups excluding tert-OH is 1. The molecule has 1 rings (SSSR count). The highest BCUT2D eigenvalue weighted by Gasteiger charge is 2.32. The lowest BCUT2D eigenvalue weighted by atomic mass is 10.3. The van der Waals surface area contributed by atoms with E-state index in [1.165, 1.54) is 25.1 Å². The highest BCUT2D eigenvalue weighted by atomic mass is 19.4. The summed E-state index contributed by atoms with van der Waals surface area (Å²) in [6.45, 7) is 1.68. The average Bonchev–Trinajstić information content (AvgIpc) is 2.14. The van der Waals surface area contributed by atoms with Gasteiger partial charge in [-0.15, -0.1) is 13.2 Å². The zero-order valence-electron chi connectivity index (χ0n) is 8.58. The van der Waals surface area contributed by atoms with Crippen LogP contribution in [0.4, 0.5) is 18.9 Å². The average molecular weight is 235 g/mol. The van der Waals surface area contributed by atoms with Crippen LogP contribution in [0.1, 0.15) is 6.92 Å². The second kappa shape index (κ2) is 5.07. The highest BCUT2D eigenvalue weighted by molar-refractivity contribution is 5.56. The van der Waals surface area contributed by atoms with E-state index >= 15 is 0 Å². The van der Waals surface area contributed by atoms with E-state index in [1.807, 2.05) is 0 Å². The molecular weight excluding hydrogens is 223 g/mol. The quantitative estimate of drug-likeness (QED) is 0.841. The molecule has 6 heteroatoms. The van der Waals surface area contributed by atoms with Crippen LogP contribution in [0.3, 0.4) is 0 Å². The number of benzene rings is 1. The standard InChI is InChI=1S/C10H12F3NO2/c1-7(15)6-14-8-4-2-3-5-9(8)16-10(11,12)13/h2-5,7,14-15H,6H2,1H3. The lowest BCUT2D eigenvalue weighted by Crippen LogP contribution is -2.20. The zero-order chi connectivity index (χ0) is 12.2. The summed E-state index contributed by atoms with van der Waals surface area (Å²) in [7, 11) is 0. The first kappa shape index (κ1) is 12.6. The van der Waals surface area contributed by atoms with E-state index in [9.17, 15) is 13.2 Å². The van der Waals surface area contributed by atoms with Gasteiger partial charge in [0.2, 0.25) is 0 Å². The monoisotopic (exact) mass is 235 g/mol. The van der Waals surface area contributed by atoms with E-state index in [2.05, 4.69) is 10.1 Å². The summed E-state index contributed by atoms with van der Waals surface area (Å²) >= 11 is 0. The van der Waals surface area contributed by atoms with E-state index in [0.717, 1.165) is 0 Å². The number of hydrogen-bond donors (Lipinski definition) is 2. The number of aliphatic hydroxyl groups is 1. The second-order valence-electron chi connectivity index (χ2n) is 3.27.